The minimum Gasteiger partial charge on any atom is -0.383 e. The van der Waals surface area contributed by atoms with E-state index in [4.69, 9.17) is 27.9 Å². The second-order valence-electron chi connectivity index (χ2n) is 4.55. The number of alkyl halides is 1. The fraction of sp³-hybridized carbons (Fsp3) is 0.750. The molecule has 0 N–H and O–H groups in total. The molecule has 0 amide bonds. The Balaban J connectivity index is 2.14. The molecule has 0 aliphatic heterocycles. The monoisotopic (exact) mass is 276 g/mol. The van der Waals surface area contributed by atoms with Crippen molar-refractivity contribution in [3.8, 4) is 0 Å². The summed E-state index contributed by atoms with van der Waals surface area (Å²) in [5, 5.41) is 5.35. The van der Waals surface area contributed by atoms with Gasteiger partial charge < -0.3 is 4.74 Å². The van der Waals surface area contributed by atoms with Crippen LogP contribution in [0.2, 0.25) is 5.02 Å². The highest BCUT2D eigenvalue weighted by Crippen LogP contribution is 2.38. The number of hydrogen-bond donors (Lipinski definition) is 0. The van der Waals surface area contributed by atoms with Crippen molar-refractivity contribution in [3.05, 3.63) is 16.9 Å². The van der Waals surface area contributed by atoms with Gasteiger partial charge in [-0.15, -0.1) is 11.6 Å². The second-order valence-corrected chi connectivity index (χ2v) is 5.58. The van der Waals surface area contributed by atoms with Gasteiger partial charge in [0.2, 0.25) is 0 Å². The van der Waals surface area contributed by atoms with Crippen LogP contribution < -0.4 is 0 Å². The van der Waals surface area contributed by atoms with Crippen LogP contribution in [0, 0.1) is 0 Å². The number of methoxy groups -OCH3 is 1. The molecule has 0 bridgehead atoms. The normalized spacial score (nSPS) is 25.1. The van der Waals surface area contributed by atoms with Crippen LogP contribution in [0.15, 0.2) is 6.20 Å². The third-order valence-corrected chi connectivity index (χ3v) is 4.02. The summed E-state index contributed by atoms with van der Waals surface area (Å²) >= 11 is 12.5. The molecule has 17 heavy (non-hydrogen) atoms. The molecule has 1 aliphatic rings. The molecular weight excluding hydrogens is 259 g/mol. The average molecular weight is 277 g/mol. The molecule has 1 heterocycles. The molecule has 0 radical (unpaired) electrons. The van der Waals surface area contributed by atoms with Crippen LogP contribution in [0.5, 0.6) is 0 Å². The van der Waals surface area contributed by atoms with Crippen molar-refractivity contribution in [1.82, 2.24) is 9.78 Å². The number of aromatic nitrogens is 2. The maximum Gasteiger partial charge on any atom is 0.0820 e. The van der Waals surface area contributed by atoms with E-state index in [0.29, 0.717) is 12.5 Å². The predicted octanol–water partition coefficient (Wildman–Crippen LogP) is 3.45. The summed E-state index contributed by atoms with van der Waals surface area (Å²) in [6, 6.07) is 0. The van der Waals surface area contributed by atoms with E-state index in [1.165, 1.54) is 6.42 Å². The summed E-state index contributed by atoms with van der Waals surface area (Å²) in [5.74, 6) is 0.443. The Morgan fingerprint density at radius 2 is 2.35 bits per heavy atom. The molecule has 2 unspecified atom stereocenters. The smallest absolute Gasteiger partial charge is 0.0820 e. The predicted molar refractivity (Wildman–Crippen MR) is 70.0 cm³/mol. The standard InChI is InChI=1S/C12H18Cl2N2O/c1-17-6-5-16-12(11(14)8-15-16)9-3-2-4-10(13)7-9/h8-10H,2-7H2,1H3. The first kappa shape index (κ1) is 13.2. The van der Waals surface area contributed by atoms with Crippen molar-refractivity contribution < 1.29 is 4.74 Å². The molecule has 1 aromatic rings. The van der Waals surface area contributed by atoms with Crippen molar-refractivity contribution in [1.29, 1.82) is 0 Å². The fourth-order valence-electron chi connectivity index (χ4n) is 2.51. The molecule has 0 aromatic carbocycles. The molecule has 0 spiro atoms. The first-order valence-electron chi connectivity index (χ1n) is 6.06. The third kappa shape index (κ3) is 3.15. The topological polar surface area (TPSA) is 27.1 Å². The zero-order valence-corrected chi connectivity index (χ0v) is 11.5. The van der Waals surface area contributed by atoms with E-state index in [2.05, 4.69) is 5.10 Å². The third-order valence-electron chi connectivity index (χ3n) is 3.34. The lowest BCUT2D eigenvalue weighted by Crippen LogP contribution is -2.19. The van der Waals surface area contributed by atoms with Crippen LogP contribution in [-0.2, 0) is 11.3 Å². The largest absolute Gasteiger partial charge is 0.383 e. The summed E-state index contributed by atoms with van der Waals surface area (Å²) in [4.78, 5) is 0. The number of ether oxygens (including phenoxy) is 1. The van der Waals surface area contributed by atoms with Gasteiger partial charge in [-0.25, -0.2) is 0 Å². The SMILES string of the molecule is COCCn1ncc(Cl)c1C1CCCC(Cl)C1. The lowest BCUT2D eigenvalue weighted by molar-refractivity contribution is 0.181. The fourth-order valence-corrected chi connectivity index (χ4v) is 3.18. The molecule has 0 saturated heterocycles. The van der Waals surface area contributed by atoms with Crippen molar-refractivity contribution in [2.24, 2.45) is 0 Å². The highest BCUT2D eigenvalue weighted by atomic mass is 35.5. The van der Waals surface area contributed by atoms with Crippen LogP contribution in [0.3, 0.4) is 0 Å². The minimum absolute atomic E-state index is 0.274. The molecule has 5 heteroatoms. The van der Waals surface area contributed by atoms with Gasteiger partial charge >= 0.3 is 0 Å². The van der Waals surface area contributed by atoms with Crippen LogP contribution in [-0.4, -0.2) is 28.9 Å². The quantitative estimate of drug-likeness (QED) is 0.788. The van der Waals surface area contributed by atoms with E-state index < -0.39 is 0 Å². The number of hydrogen-bond acceptors (Lipinski definition) is 2. The maximum atomic E-state index is 6.24. The van der Waals surface area contributed by atoms with Gasteiger partial charge in [0.15, 0.2) is 0 Å². The van der Waals surface area contributed by atoms with Crippen molar-refractivity contribution in [2.45, 2.75) is 43.5 Å². The summed E-state index contributed by atoms with van der Waals surface area (Å²) < 4.78 is 7.05. The zero-order chi connectivity index (χ0) is 12.3. The molecule has 2 rings (SSSR count). The van der Waals surface area contributed by atoms with Gasteiger partial charge in [-0.2, -0.15) is 5.10 Å². The molecular formula is C12H18Cl2N2O. The van der Waals surface area contributed by atoms with Gasteiger partial charge in [-0.3, -0.25) is 4.68 Å². The summed E-state index contributed by atoms with van der Waals surface area (Å²) in [6.07, 6.45) is 6.17. The zero-order valence-electron chi connectivity index (χ0n) is 10.0. The van der Waals surface area contributed by atoms with Crippen LogP contribution in [0.1, 0.15) is 37.3 Å². The van der Waals surface area contributed by atoms with Gasteiger partial charge in [-0.05, 0) is 19.3 Å². The Morgan fingerprint density at radius 3 is 3.06 bits per heavy atom. The highest BCUT2D eigenvalue weighted by molar-refractivity contribution is 6.31. The lowest BCUT2D eigenvalue weighted by atomic mass is 9.86. The summed E-state index contributed by atoms with van der Waals surface area (Å²) in [5.41, 5.74) is 1.13. The molecule has 2 atom stereocenters. The highest BCUT2D eigenvalue weighted by Gasteiger charge is 2.26. The Labute approximate surface area is 112 Å². The van der Waals surface area contributed by atoms with E-state index in [1.54, 1.807) is 13.3 Å². The van der Waals surface area contributed by atoms with Gasteiger partial charge in [0.25, 0.3) is 0 Å². The van der Waals surface area contributed by atoms with E-state index in [-0.39, 0.29) is 5.38 Å². The van der Waals surface area contributed by atoms with Gasteiger partial charge in [-0.1, -0.05) is 18.0 Å². The lowest BCUT2D eigenvalue weighted by Gasteiger charge is -2.26. The molecule has 1 aromatic heterocycles. The molecule has 96 valence electrons. The van der Waals surface area contributed by atoms with Gasteiger partial charge in [0.1, 0.15) is 0 Å². The van der Waals surface area contributed by atoms with Crippen LogP contribution in [0.25, 0.3) is 0 Å². The summed E-state index contributed by atoms with van der Waals surface area (Å²) in [7, 11) is 1.69. The van der Waals surface area contributed by atoms with Crippen LogP contribution >= 0.6 is 23.2 Å². The van der Waals surface area contributed by atoms with Crippen molar-refractivity contribution >= 4 is 23.2 Å². The van der Waals surface area contributed by atoms with E-state index >= 15 is 0 Å². The number of halogens is 2. The van der Waals surface area contributed by atoms with Crippen molar-refractivity contribution in [3.63, 3.8) is 0 Å². The first-order valence-corrected chi connectivity index (χ1v) is 6.88. The molecule has 1 aliphatic carbocycles. The van der Waals surface area contributed by atoms with Crippen molar-refractivity contribution in [2.75, 3.05) is 13.7 Å². The maximum absolute atomic E-state index is 6.24. The first-order chi connectivity index (χ1) is 8.22. The molecule has 3 nitrogen and oxygen atoms in total. The molecule has 1 fully saturated rings. The Morgan fingerprint density at radius 1 is 1.53 bits per heavy atom. The van der Waals surface area contributed by atoms with Gasteiger partial charge in [0.05, 0.1) is 30.1 Å². The Kier molecular flexibility index (Phi) is 4.71. The van der Waals surface area contributed by atoms with Gasteiger partial charge in [0, 0.05) is 18.4 Å². The van der Waals surface area contributed by atoms with E-state index in [1.807, 2.05) is 4.68 Å². The Bertz CT molecular complexity index is 367. The average Bonchev–Trinajstić information content (AvgIpc) is 2.68. The minimum atomic E-state index is 0.274. The molecule has 1 saturated carbocycles. The summed E-state index contributed by atoms with van der Waals surface area (Å²) in [6.45, 7) is 1.41. The Hall–Kier alpha value is -0.250. The van der Waals surface area contributed by atoms with E-state index in [9.17, 15) is 0 Å². The van der Waals surface area contributed by atoms with E-state index in [0.717, 1.165) is 36.5 Å². The second kappa shape index (κ2) is 6.07. The number of nitrogens with zero attached hydrogens (tertiary/aromatic N) is 2. The number of rotatable bonds is 4. The van der Waals surface area contributed by atoms with Crippen LogP contribution in [0.4, 0.5) is 0 Å².